The molecule has 4 aromatic rings. The van der Waals surface area contributed by atoms with Crippen molar-refractivity contribution in [3.05, 3.63) is 75.9 Å². The van der Waals surface area contributed by atoms with Crippen molar-refractivity contribution >= 4 is 51.9 Å². The van der Waals surface area contributed by atoms with Gasteiger partial charge in [0.25, 0.3) is 11.8 Å². The Morgan fingerprint density at radius 3 is 2.20 bits per heavy atom. The third-order valence-electron chi connectivity index (χ3n) is 7.68. The number of hydrogen-bond donors (Lipinski definition) is 1. The number of nitrogens with zero attached hydrogens (tertiary/aromatic N) is 3. The van der Waals surface area contributed by atoms with Crippen molar-refractivity contribution in [3.8, 4) is 22.6 Å². The van der Waals surface area contributed by atoms with Gasteiger partial charge in [-0.1, -0.05) is 48.3 Å². The van der Waals surface area contributed by atoms with Gasteiger partial charge in [-0.2, -0.15) is 0 Å². The Hall–Kier alpha value is -3.88. The van der Waals surface area contributed by atoms with Gasteiger partial charge in [-0.3, -0.25) is 14.5 Å². The predicted molar refractivity (Wildman–Crippen MR) is 155 cm³/mol. The maximum atomic E-state index is 13.2. The van der Waals surface area contributed by atoms with Crippen molar-refractivity contribution in [2.75, 3.05) is 19.5 Å². The SMILES string of the molecule is COc1cc(OC)c(Cl)c(-c2ccc3nc(N[C@@H]4CC(C)CC4N4C(=O)c5ccccc5C4=O)ncc3c2)c1Cl. The molecule has 2 aliphatic rings. The Balaban J connectivity index is 1.29. The summed E-state index contributed by atoms with van der Waals surface area (Å²) in [5.74, 6) is 1.17. The van der Waals surface area contributed by atoms with Crippen LogP contribution in [0.2, 0.25) is 10.0 Å². The predicted octanol–water partition coefficient (Wildman–Crippen LogP) is 6.50. The van der Waals surface area contributed by atoms with Crippen molar-refractivity contribution in [2.45, 2.75) is 31.8 Å². The van der Waals surface area contributed by atoms with E-state index in [2.05, 4.69) is 17.2 Å². The summed E-state index contributed by atoms with van der Waals surface area (Å²) >= 11 is 13.2. The summed E-state index contributed by atoms with van der Waals surface area (Å²) < 4.78 is 10.8. The molecule has 1 N–H and O–H groups in total. The molecule has 1 aliphatic heterocycles. The van der Waals surface area contributed by atoms with Crippen LogP contribution in [-0.2, 0) is 0 Å². The number of ether oxygens (including phenoxy) is 2. The lowest BCUT2D eigenvalue weighted by Crippen LogP contribution is -2.47. The lowest BCUT2D eigenvalue weighted by atomic mass is 10.0. The molecule has 2 heterocycles. The van der Waals surface area contributed by atoms with Gasteiger partial charge in [-0.15, -0.1) is 0 Å². The molecule has 2 amide bonds. The molecule has 0 spiro atoms. The zero-order valence-corrected chi connectivity index (χ0v) is 23.6. The maximum Gasteiger partial charge on any atom is 0.261 e. The molecule has 8 nitrogen and oxygen atoms in total. The summed E-state index contributed by atoms with van der Waals surface area (Å²) in [5.41, 5.74) is 2.98. The molecule has 204 valence electrons. The number of methoxy groups -OCH3 is 2. The van der Waals surface area contributed by atoms with Crippen LogP contribution in [0.15, 0.2) is 54.7 Å². The van der Waals surface area contributed by atoms with Crippen LogP contribution < -0.4 is 14.8 Å². The van der Waals surface area contributed by atoms with Crippen LogP contribution in [-0.4, -0.2) is 53.0 Å². The number of nitrogens with one attached hydrogen (secondary N) is 1. The fourth-order valence-corrected chi connectivity index (χ4v) is 6.50. The van der Waals surface area contributed by atoms with Gasteiger partial charge in [0.2, 0.25) is 5.95 Å². The van der Waals surface area contributed by atoms with E-state index in [4.69, 9.17) is 37.7 Å². The molecule has 6 rings (SSSR count). The number of amides is 2. The van der Waals surface area contributed by atoms with E-state index in [1.165, 1.54) is 19.1 Å². The molecule has 2 unspecified atom stereocenters. The second-order valence-corrected chi connectivity index (χ2v) is 10.9. The summed E-state index contributed by atoms with van der Waals surface area (Å²) in [4.78, 5) is 37.0. The molecule has 3 aromatic carbocycles. The van der Waals surface area contributed by atoms with Gasteiger partial charge in [0.15, 0.2) is 0 Å². The number of halogens is 2. The van der Waals surface area contributed by atoms with E-state index in [0.717, 1.165) is 17.4 Å². The topological polar surface area (TPSA) is 93.7 Å². The molecule has 1 fully saturated rings. The first-order chi connectivity index (χ1) is 19.3. The highest BCUT2D eigenvalue weighted by Gasteiger charge is 2.46. The van der Waals surface area contributed by atoms with E-state index in [1.54, 1.807) is 36.5 Å². The standard InChI is InChI=1S/C30H26Cl2N4O4/c1-15-10-21(22(11-15)36-28(37)18-6-4-5-7-19(18)29(36)38)35-30-33-14-17-12-16(8-9-20(17)34-30)25-26(31)23(39-2)13-24(40-3)27(25)32/h4-9,12-15,21-22H,10-11H2,1-3H3,(H,33,34,35)/t15?,21-,22?/m1/s1. The van der Waals surface area contributed by atoms with Crippen molar-refractivity contribution in [1.82, 2.24) is 14.9 Å². The molecule has 0 saturated heterocycles. The number of carbonyl (C=O) groups excluding carboxylic acids is 2. The number of imide groups is 1. The van der Waals surface area contributed by atoms with Gasteiger partial charge in [-0.25, -0.2) is 9.97 Å². The summed E-state index contributed by atoms with van der Waals surface area (Å²) in [5, 5.41) is 4.95. The Morgan fingerprint density at radius 2 is 1.57 bits per heavy atom. The average Bonchev–Trinajstić information content (AvgIpc) is 3.43. The first-order valence-electron chi connectivity index (χ1n) is 12.9. The van der Waals surface area contributed by atoms with E-state index < -0.39 is 0 Å². The Bertz CT molecular complexity index is 1610. The minimum absolute atomic E-state index is 0.171. The van der Waals surface area contributed by atoms with Crippen LogP contribution in [0.1, 0.15) is 40.5 Å². The van der Waals surface area contributed by atoms with Crippen LogP contribution in [0.3, 0.4) is 0 Å². The number of fused-ring (bicyclic) bond motifs is 2. The van der Waals surface area contributed by atoms with Crippen molar-refractivity contribution in [1.29, 1.82) is 0 Å². The molecule has 1 aromatic heterocycles. The minimum atomic E-state index is -0.295. The number of hydrogen-bond acceptors (Lipinski definition) is 7. The lowest BCUT2D eigenvalue weighted by molar-refractivity contribution is 0.0577. The van der Waals surface area contributed by atoms with Crippen molar-refractivity contribution < 1.29 is 19.1 Å². The van der Waals surface area contributed by atoms with E-state index in [1.807, 2.05) is 18.2 Å². The Labute approximate surface area is 241 Å². The maximum absolute atomic E-state index is 13.2. The number of rotatable bonds is 6. The number of carbonyl (C=O) groups is 2. The first-order valence-corrected chi connectivity index (χ1v) is 13.7. The smallest absolute Gasteiger partial charge is 0.261 e. The van der Waals surface area contributed by atoms with Crippen molar-refractivity contribution in [3.63, 3.8) is 0 Å². The zero-order chi connectivity index (χ0) is 28.1. The molecule has 10 heteroatoms. The van der Waals surface area contributed by atoms with Crippen LogP contribution in [0.5, 0.6) is 11.5 Å². The monoisotopic (exact) mass is 576 g/mol. The average molecular weight is 577 g/mol. The van der Waals surface area contributed by atoms with Gasteiger partial charge in [0.1, 0.15) is 11.5 Å². The van der Waals surface area contributed by atoms with Crippen LogP contribution in [0.25, 0.3) is 22.0 Å². The van der Waals surface area contributed by atoms with E-state index >= 15 is 0 Å². The van der Waals surface area contributed by atoms with Crippen LogP contribution in [0, 0.1) is 5.92 Å². The van der Waals surface area contributed by atoms with Gasteiger partial charge < -0.3 is 14.8 Å². The molecule has 0 bridgehead atoms. The van der Waals surface area contributed by atoms with Gasteiger partial charge >= 0.3 is 0 Å². The van der Waals surface area contributed by atoms with Gasteiger partial charge in [0.05, 0.1) is 53.0 Å². The second kappa shape index (κ2) is 10.3. The third kappa shape index (κ3) is 4.32. The van der Waals surface area contributed by atoms with Crippen LogP contribution >= 0.6 is 23.2 Å². The molecule has 1 aliphatic carbocycles. The molecular weight excluding hydrogens is 551 g/mol. The largest absolute Gasteiger partial charge is 0.495 e. The molecule has 3 atom stereocenters. The normalized spacial score (nSPS) is 20.2. The molecule has 0 radical (unpaired) electrons. The van der Waals surface area contributed by atoms with E-state index in [0.29, 0.717) is 62.0 Å². The van der Waals surface area contributed by atoms with Gasteiger partial charge in [0, 0.05) is 23.2 Å². The quantitative estimate of drug-likeness (QED) is 0.262. The Morgan fingerprint density at radius 1 is 0.925 bits per heavy atom. The van der Waals surface area contributed by atoms with Crippen molar-refractivity contribution in [2.24, 2.45) is 5.92 Å². The highest BCUT2D eigenvalue weighted by Crippen LogP contribution is 2.46. The highest BCUT2D eigenvalue weighted by atomic mass is 35.5. The van der Waals surface area contributed by atoms with E-state index in [-0.39, 0.29) is 23.9 Å². The molecule has 1 saturated carbocycles. The highest BCUT2D eigenvalue weighted by molar-refractivity contribution is 6.41. The Kier molecular flexibility index (Phi) is 6.76. The summed E-state index contributed by atoms with van der Waals surface area (Å²) in [6.45, 7) is 2.12. The third-order valence-corrected chi connectivity index (χ3v) is 8.43. The fraction of sp³-hybridized carbons (Fsp3) is 0.267. The fourth-order valence-electron chi connectivity index (χ4n) is 5.78. The van der Waals surface area contributed by atoms with E-state index in [9.17, 15) is 9.59 Å². The zero-order valence-electron chi connectivity index (χ0n) is 22.1. The number of aromatic nitrogens is 2. The number of anilines is 1. The molecule has 40 heavy (non-hydrogen) atoms. The van der Waals surface area contributed by atoms with Gasteiger partial charge in [-0.05, 0) is 48.6 Å². The summed E-state index contributed by atoms with van der Waals surface area (Å²) in [6, 6.07) is 13.8. The lowest BCUT2D eigenvalue weighted by Gasteiger charge is -2.28. The first kappa shape index (κ1) is 26.3. The summed E-state index contributed by atoms with van der Waals surface area (Å²) in [7, 11) is 3.07. The minimum Gasteiger partial charge on any atom is -0.495 e. The molecular formula is C30H26Cl2N4O4. The summed E-state index contributed by atoms with van der Waals surface area (Å²) in [6.07, 6.45) is 3.22. The second-order valence-electron chi connectivity index (χ2n) is 10.2. The van der Waals surface area contributed by atoms with Crippen LogP contribution in [0.4, 0.5) is 5.95 Å². The number of benzene rings is 3.